The summed E-state index contributed by atoms with van der Waals surface area (Å²) in [6.45, 7) is 0. The molecular formula is C13H11N3O4. The van der Waals surface area contributed by atoms with Gasteiger partial charge in [-0.15, -0.1) is 0 Å². The van der Waals surface area contributed by atoms with Gasteiger partial charge in [0.1, 0.15) is 0 Å². The number of nitrogens with one attached hydrogen (secondary N) is 2. The summed E-state index contributed by atoms with van der Waals surface area (Å²) in [4.78, 5) is 32.6. The van der Waals surface area contributed by atoms with E-state index >= 15 is 0 Å². The first-order valence-electron chi connectivity index (χ1n) is 5.77. The molecule has 0 aliphatic heterocycles. The predicted octanol–water partition coefficient (Wildman–Crippen LogP) is 0.893. The van der Waals surface area contributed by atoms with Crippen molar-refractivity contribution in [2.75, 3.05) is 0 Å². The van der Waals surface area contributed by atoms with Gasteiger partial charge in [0.2, 0.25) is 0 Å². The Hall–Kier alpha value is -2.80. The summed E-state index contributed by atoms with van der Waals surface area (Å²) >= 11 is 0. The van der Waals surface area contributed by atoms with Gasteiger partial charge in [-0.25, -0.2) is 5.43 Å². The number of carbonyl (C=O) groups is 2. The van der Waals surface area contributed by atoms with Crippen LogP contribution in [0.15, 0.2) is 48.6 Å². The highest BCUT2D eigenvalue weighted by molar-refractivity contribution is 6.00. The summed E-state index contributed by atoms with van der Waals surface area (Å²) in [6.07, 6.45) is 6.02. The molecule has 1 aliphatic carbocycles. The van der Waals surface area contributed by atoms with Crippen LogP contribution < -0.4 is 10.9 Å². The Morgan fingerprint density at radius 1 is 1.15 bits per heavy atom. The Morgan fingerprint density at radius 3 is 2.30 bits per heavy atom. The van der Waals surface area contributed by atoms with Crippen molar-refractivity contribution in [2.45, 2.75) is 6.04 Å². The minimum atomic E-state index is -0.533. The van der Waals surface area contributed by atoms with E-state index in [1.54, 1.807) is 12.2 Å². The van der Waals surface area contributed by atoms with Crippen molar-refractivity contribution in [1.29, 1.82) is 0 Å². The monoisotopic (exact) mass is 273 g/mol. The molecule has 1 aromatic carbocycles. The van der Waals surface area contributed by atoms with Crippen LogP contribution in [-0.2, 0) is 4.79 Å². The molecule has 0 saturated heterocycles. The second kappa shape index (κ2) is 5.89. The third kappa shape index (κ3) is 3.36. The molecule has 1 amide bonds. The molecule has 0 atom stereocenters. The molecule has 0 saturated carbocycles. The van der Waals surface area contributed by atoms with Crippen molar-refractivity contribution in [3.63, 3.8) is 0 Å². The van der Waals surface area contributed by atoms with Crippen LogP contribution in [0.3, 0.4) is 0 Å². The average molecular weight is 273 g/mol. The van der Waals surface area contributed by atoms with Gasteiger partial charge in [-0.05, 0) is 24.3 Å². The van der Waals surface area contributed by atoms with Gasteiger partial charge < -0.3 is 0 Å². The average Bonchev–Trinajstić information content (AvgIpc) is 2.46. The summed E-state index contributed by atoms with van der Waals surface area (Å²) in [5, 5.41) is 10.5. The van der Waals surface area contributed by atoms with E-state index in [4.69, 9.17) is 0 Å². The maximum atomic E-state index is 11.8. The molecular weight excluding hydrogens is 262 g/mol. The third-order valence-corrected chi connectivity index (χ3v) is 2.63. The van der Waals surface area contributed by atoms with E-state index in [0.717, 1.165) is 0 Å². The number of carbonyl (C=O) groups excluding carboxylic acids is 2. The van der Waals surface area contributed by atoms with Gasteiger partial charge in [0.25, 0.3) is 11.6 Å². The highest BCUT2D eigenvalue weighted by atomic mass is 16.6. The Labute approximate surface area is 114 Å². The maximum Gasteiger partial charge on any atom is 0.269 e. The number of hydrazine groups is 1. The smallest absolute Gasteiger partial charge is 0.269 e. The standard InChI is InChI=1S/C13H11N3O4/c17-12-7-3-10(4-8-12)14-15-13(18)9-1-5-11(6-2-9)16(19)20/h1-8,10,14H,(H,15,18). The summed E-state index contributed by atoms with van der Waals surface area (Å²) in [6, 6.07) is 4.98. The summed E-state index contributed by atoms with van der Waals surface area (Å²) in [5.74, 6) is -0.525. The first kappa shape index (κ1) is 13.6. The molecule has 0 spiro atoms. The van der Waals surface area contributed by atoms with Gasteiger partial charge in [-0.2, -0.15) is 0 Å². The second-order valence-electron chi connectivity index (χ2n) is 4.05. The number of non-ortho nitro benzene ring substituents is 1. The van der Waals surface area contributed by atoms with E-state index in [2.05, 4.69) is 10.9 Å². The van der Waals surface area contributed by atoms with Crippen LogP contribution in [0.4, 0.5) is 5.69 Å². The Morgan fingerprint density at radius 2 is 1.75 bits per heavy atom. The molecule has 0 aromatic heterocycles. The van der Waals surface area contributed by atoms with Gasteiger partial charge in [0.15, 0.2) is 5.78 Å². The van der Waals surface area contributed by atoms with E-state index < -0.39 is 10.8 Å². The SMILES string of the molecule is O=C1C=CC(NNC(=O)c2ccc([N+](=O)[O-])cc2)C=C1. The molecule has 0 bridgehead atoms. The molecule has 102 valence electrons. The lowest BCUT2D eigenvalue weighted by molar-refractivity contribution is -0.384. The normalized spacial score (nSPS) is 14.3. The van der Waals surface area contributed by atoms with Crippen molar-refractivity contribution < 1.29 is 14.5 Å². The lowest BCUT2D eigenvalue weighted by Crippen LogP contribution is -2.43. The molecule has 20 heavy (non-hydrogen) atoms. The van der Waals surface area contributed by atoms with Crippen LogP contribution >= 0.6 is 0 Å². The minimum absolute atomic E-state index is 0.0776. The number of amides is 1. The fraction of sp³-hybridized carbons (Fsp3) is 0.0769. The number of nitro benzene ring substituents is 1. The third-order valence-electron chi connectivity index (χ3n) is 2.63. The van der Waals surface area contributed by atoms with Gasteiger partial charge >= 0.3 is 0 Å². The van der Waals surface area contributed by atoms with Crippen LogP contribution in [0.1, 0.15) is 10.4 Å². The van der Waals surface area contributed by atoms with Crippen LogP contribution in [0.2, 0.25) is 0 Å². The molecule has 0 radical (unpaired) electrons. The van der Waals surface area contributed by atoms with Crippen LogP contribution in [0.5, 0.6) is 0 Å². The Balaban J connectivity index is 1.92. The molecule has 7 nitrogen and oxygen atoms in total. The van der Waals surface area contributed by atoms with Crippen molar-refractivity contribution in [3.8, 4) is 0 Å². The zero-order valence-corrected chi connectivity index (χ0v) is 10.3. The number of nitro groups is 1. The van der Waals surface area contributed by atoms with E-state index in [1.165, 1.54) is 36.4 Å². The van der Waals surface area contributed by atoms with Crippen molar-refractivity contribution >= 4 is 17.4 Å². The van der Waals surface area contributed by atoms with Crippen LogP contribution in [0.25, 0.3) is 0 Å². The molecule has 0 fully saturated rings. The van der Waals surface area contributed by atoms with E-state index in [0.29, 0.717) is 5.56 Å². The lowest BCUT2D eigenvalue weighted by atomic mass is 10.1. The highest BCUT2D eigenvalue weighted by Crippen LogP contribution is 2.11. The topological polar surface area (TPSA) is 101 Å². The fourth-order valence-corrected chi connectivity index (χ4v) is 1.57. The zero-order valence-electron chi connectivity index (χ0n) is 10.3. The first-order valence-corrected chi connectivity index (χ1v) is 5.77. The number of benzene rings is 1. The number of allylic oxidation sites excluding steroid dienone is 2. The number of hydrogen-bond acceptors (Lipinski definition) is 5. The summed E-state index contributed by atoms with van der Waals surface area (Å²) < 4.78 is 0. The highest BCUT2D eigenvalue weighted by Gasteiger charge is 2.11. The van der Waals surface area contributed by atoms with E-state index in [9.17, 15) is 19.7 Å². The van der Waals surface area contributed by atoms with Crippen LogP contribution in [0, 0.1) is 10.1 Å². The second-order valence-corrected chi connectivity index (χ2v) is 4.05. The fourth-order valence-electron chi connectivity index (χ4n) is 1.57. The van der Waals surface area contributed by atoms with E-state index in [1.807, 2.05) is 0 Å². The Kier molecular flexibility index (Phi) is 4.02. The summed E-state index contributed by atoms with van der Waals surface area (Å²) in [7, 11) is 0. The maximum absolute atomic E-state index is 11.8. The van der Waals surface area contributed by atoms with Gasteiger partial charge in [-0.3, -0.25) is 25.1 Å². The molecule has 0 unspecified atom stereocenters. The minimum Gasteiger partial charge on any atom is -0.290 e. The lowest BCUT2D eigenvalue weighted by Gasteiger charge is -2.13. The van der Waals surface area contributed by atoms with E-state index in [-0.39, 0.29) is 17.5 Å². The predicted molar refractivity (Wildman–Crippen MR) is 70.8 cm³/mol. The molecule has 7 heteroatoms. The Bertz CT molecular complexity index is 589. The number of ketones is 1. The zero-order chi connectivity index (χ0) is 14.5. The van der Waals surface area contributed by atoms with Gasteiger partial charge in [0.05, 0.1) is 11.0 Å². The largest absolute Gasteiger partial charge is 0.290 e. The van der Waals surface area contributed by atoms with Crippen LogP contribution in [-0.4, -0.2) is 22.7 Å². The molecule has 2 rings (SSSR count). The molecule has 2 N–H and O–H groups in total. The van der Waals surface area contributed by atoms with Crippen molar-refractivity contribution in [1.82, 2.24) is 10.9 Å². The first-order chi connectivity index (χ1) is 9.56. The number of rotatable bonds is 4. The molecule has 0 heterocycles. The van der Waals surface area contributed by atoms with Gasteiger partial charge in [-0.1, -0.05) is 12.2 Å². The molecule has 1 aliphatic rings. The quantitative estimate of drug-likeness (QED) is 0.626. The number of hydrogen-bond donors (Lipinski definition) is 2. The molecule has 1 aromatic rings. The van der Waals surface area contributed by atoms with Crippen molar-refractivity contribution in [3.05, 3.63) is 64.2 Å². The number of nitrogens with zero attached hydrogens (tertiary/aromatic N) is 1. The van der Waals surface area contributed by atoms with Crippen molar-refractivity contribution in [2.24, 2.45) is 0 Å². The summed E-state index contributed by atoms with van der Waals surface area (Å²) in [5.41, 5.74) is 5.39. The van der Waals surface area contributed by atoms with Gasteiger partial charge in [0, 0.05) is 17.7 Å².